The number of benzene rings is 2. The van der Waals surface area contributed by atoms with Gasteiger partial charge in [0.25, 0.3) is 5.91 Å². The third-order valence-electron chi connectivity index (χ3n) is 4.01. The Bertz CT molecular complexity index is 961. The van der Waals surface area contributed by atoms with Crippen LogP contribution in [0.4, 0.5) is 22.9 Å². The number of anilines is 4. The first-order valence-electron chi connectivity index (χ1n) is 8.97. The van der Waals surface area contributed by atoms with Crippen LogP contribution in [0.3, 0.4) is 0 Å². The molecule has 3 aromatic rings. The maximum Gasteiger partial charge on any atom is 0.262 e. The van der Waals surface area contributed by atoms with Crippen molar-refractivity contribution in [1.29, 1.82) is 0 Å². The first kappa shape index (κ1) is 19.9. The molecule has 29 heavy (non-hydrogen) atoms. The van der Waals surface area contributed by atoms with Crippen molar-refractivity contribution in [3.8, 4) is 11.5 Å². The van der Waals surface area contributed by atoms with Gasteiger partial charge >= 0.3 is 0 Å². The van der Waals surface area contributed by atoms with Crippen LogP contribution in [-0.2, 0) is 4.79 Å². The fraction of sp³-hybridized carbons (Fsp3) is 0.190. The molecule has 2 N–H and O–H groups in total. The van der Waals surface area contributed by atoms with Crippen molar-refractivity contribution < 1.29 is 14.3 Å². The second-order valence-corrected chi connectivity index (χ2v) is 6.41. The van der Waals surface area contributed by atoms with Crippen LogP contribution in [-0.4, -0.2) is 43.9 Å². The Kier molecular flexibility index (Phi) is 6.47. The van der Waals surface area contributed by atoms with Gasteiger partial charge in [-0.25, -0.2) is 0 Å². The predicted octanol–water partition coefficient (Wildman–Crippen LogP) is 3.31. The highest BCUT2D eigenvalue weighted by atomic mass is 16.5. The Hall–Kier alpha value is -3.81. The van der Waals surface area contributed by atoms with Crippen LogP contribution >= 0.6 is 0 Å². The van der Waals surface area contributed by atoms with E-state index >= 15 is 0 Å². The molecule has 150 valence electrons. The molecule has 0 fully saturated rings. The molecule has 0 atom stereocenters. The largest absolute Gasteiger partial charge is 0.497 e. The van der Waals surface area contributed by atoms with E-state index in [0.29, 0.717) is 23.0 Å². The van der Waals surface area contributed by atoms with E-state index in [1.54, 1.807) is 43.6 Å². The lowest BCUT2D eigenvalue weighted by atomic mass is 10.2. The van der Waals surface area contributed by atoms with Crippen molar-refractivity contribution in [1.82, 2.24) is 10.2 Å². The summed E-state index contributed by atoms with van der Waals surface area (Å²) in [5, 5.41) is 14.0. The van der Waals surface area contributed by atoms with E-state index in [2.05, 4.69) is 20.8 Å². The SMILES string of the molecule is COc1cccc(OCC(=O)Nc2ccc(Nc3cc(N(C)C)cnn3)cc2)c1. The van der Waals surface area contributed by atoms with Crippen LogP contribution < -0.4 is 25.0 Å². The number of hydrogen-bond acceptors (Lipinski definition) is 7. The average molecular weight is 393 g/mol. The second kappa shape index (κ2) is 9.41. The molecular weight excluding hydrogens is 370 g/mol. The first-order chi connectivity index (χ1) is 14.0. The molecule has 8 nitrogen and oxygen atoms in total. The summed E-state index contributed by atoms with van der Waals surface area (Å²) in [6.07, 6.45) is 1.69. The van der Waals surface area contributed by atoms with Gasteiger partial charge in [0.1, 0.15) is 11.5 Å². The van der Waals surface area contributed by atoms with Crippen molar-refractivity contribution in [3.63, 3.8) is 0 Å². The molecule has 0 saturated carbocycles. The summed E-state index contributed by atoms with van der Waals surface area (Å²) in [5.74, 6) is 1.63. The van der Waals surface area contributed by atoms with Crippen molar-refractivity contribution in [2.24, 2.45) is 0 Å². The molecule has 3 rings (SSSR count). The molecule has 8 heteroatoms. The smallest absolute Gasteiger partial charge is 0.262 e. The molecule has 0 radical (unpaired) electrons. The van der Waals surface area contributed by atoms with Gasteiger partial charge in [-0.3, -0.25) is 4.79 Å². The zero-order chi connectivity index (χ0) is 20.6. The lowest BCUT2D eigenvalue weighted by Gasteiger charge is -2.13. The van der Waals surface area contributed by atoms with Gasteiger partial charge in [-0.2, -0.15) is 5.10 Å². The maximum atomic E-state index is 12.1. The number of amides is 1. The number of aromatic nitrogens is 2. The number of carbonyl (C=O) groups excluding carboxylic acids is 1. The van der Waals surface area contributed by atoms with Crippen LogP contribution in [0, 0.1) is 0 Å². The third kappa shape index (κ3) is 5.83. The minimum Gasteiger partial charge on any atom is -0.497 e. The summed E-state index contributed by atoms with van der Waals surface area (Å²) in [5.41, 5.74) is 2.45. The number of ether oxygens (including phenoxy) is 2. The zero-order valence-corrected chi connectivity index (χ0v) is 16.5. The van der Waals surface area contributed by atoms with Gasteiger partial charge in [0.2, 0.25) is 0 Å². The summed E-state index contributed by atoms with van der Waals surface area (Å²) in [7, 11) is 5.46. The van der Waals surface area contributed by atoms with E-state index in [9.17, 15) is 4.79 Å². The maximum absolute atomic E-state index is 12.1. The summed E-state index contributed by atoms with van der Waals surface area (Å²) in [6.45, 7) is -0.0971. The molecular formula is C21H23N5O3. The van der Waals surface area contributed by atoms with Gasteiger partial charge in [-0.05, 0) is 36.4 Å². The van der Waals surface area contributed by atoms with E-state index in [4.69, 9.17) is 9.47 Å². The second-order valence-electron chi connectivity index (χ2n) is 6.41. The number of hydrogen-bond donors (Lipinski definition) is 2. The van der Waals surface area contributed by atoms with E-state index in [1.165, 1.54) is 0 Å². The minimum absolute atomic E-state index is 0.0971. The van der Waals surface area contributed by atoms with Gasteiger partial charge in [0.15, 0.2) is 12.4 Å². The highest BCUT2D eigenvalue weighted by Gasteiger charge is 2.06. The summed E-state index contributed by atoms with van der Waals surface area (Å²) < 4.78 is 10.6. The molecule has 0 aliphatic heterocycles. The average Bonchev–Trinajstić information content (AvgIpc) is 2.74. The van der Waals surface area contributed by atoms with E-state index in [1.807, 2.05) is 43.3 Å². The van der Waals surface area contributed by atoms with E-state index in [-0.39, 0.29) is 12.5 Å². The number of methoxy groups -OCH3 is 1. The standard InChI is InChI=1S/C21H23N5O3/c1-26(2)17-11-20(25-22-13-17)23-15-7-9-16(10-8-15)24-21(27)14-29-19-6-4-5-18(12-19)28-3/h4-13H,14H2,1-3H3,(H,23,25)(H,24,27). The fourth-order valence-electron chi connectivity index (χ4n) is 2.48. The van der Waals surface area contributed by atoms with Gasteiger partial charge in [-0.15, -0.1) is 5.10 Å². The third-order valence-corrected chi connectivity index (χ3v) is 4.01. The van der Waals surface area contributed by atoms with Gasteiger partial charge in [0.05, 0.1) is 19.0 Å². The highest BCUT2D eigenvalue weighted by Crippen LogP contribution is 2.21. The predicted molar refractivity (Wildman–Crippen MR) is 113 cm³/mol. The lowest BCUT2D eigenvalue weighted by molar-refractivity contribution is -0.118. The molecule has 1 heterocycles. The molecule has 0 unspecified atom stereocenters. The minimum atomic E-state index is -0.252. The Morgan fingerprint density at radius 1 is 1.03 bits per heavy atom. The highest BCUT2D eigenvalue weighted by molar-refractivity contribution is 5.92. The monoisotopic (exact) mass is 393 g/mol. The van der Waals surface area contributed by atoms with Crippen LogP contribution in [0.2, 0.25) is 0 Å². The molecule has 1 aromatic heterocycles. The quantitative estimate of drug-likeness (QED) is 0.607. The molecule has 0 spiro atoms. The van der Waals surface area contributed by atoms with Crippen LogP contribution in [0.25, 0.3) is 0 Å². The first-order valence-corrected chi connectivity index (χ1v) is 8.97. The van der Waals surface area contributed by atoms with Crippen LogP contribution in [0.1, 0.15) is 0 Å². The van der Waals surface area contributed by atoms with Crippen molar-refractivity contribution in [2.45, 2.75) is 0 Å². The molecule has 0 bridgehead atoms. The molecule has 2 aromatic carbocycles. The lowest BCUT2D eigenvalue weighted by Crippen LogP contribution is -2.20. The topological polar surface area (TPSA) is 88.6 Å². The van der Waals surface area contributed by atoms with Crippen molar-refractivity contribution >= 4 is 28.8 Å². The number of carbonyl (C=O) groups is 1. The van der Waals surface area contributed by atoms with Crippen molar-refractivity contribution in [2.75, 3.05) is 43.3 Å². The summed E-state index contributed by atoms with van der Waals surface area (Å²) in [6, 6.07) is 16.3. The summed E-state index contributed by atoms with van der Waals surface area (Å²) >= 11 is 0. The van der Waals surface area contributed by atoms with Gasteiger partial charge < -0.3 is 25.0 Å². The van der Waals surface area contributed by atoms with E-state index < -0.39 is 0 Å². The van der Waals surface area contributed by atoms with Gasteiger partial charge in [-0.1, -0.05) is 6.07 Å². The van der Waals surface area contributed by atoms with Crippen LogP contribution in [0.5, 0.6) is 11.5 Å². The van der Waals surface area contributed by atoms with Crippen LogP contribution in [0.15, 0.2) is 60.8 Å². The molecule has 1 amide bonds. The number of rotatable bonds is 8. The van der Waals surface area contributed by atoms with Crippen molar-refractivity contribution in [3.05, 3.63) is 60.8 Å². The molecule has 0 aliphatic carbocycles. The Morgan fingerprint density at radius 3 is 2.48 bits per heavy atom. The molecule has 0 saturated heterocycles. The molecule has 0 aliphatic rings. The van der Waals surface area contributed by atoms with E-state index in [0.717, 1.165) is 11.4 Å². The zero-order valence-electron chi connectivity index (χ0n) is 16.5. The Balaban J connectivity index is 1.53. The normalized spacial score (nSPS) is 10.2. The fourth-order valence-corrected chi connectivity index (χ4v) is 2.48. The number of nitrogens with zero attached hydrogens (tertiary/aromatic N) is 3. The Labute approximate surface area is 169 Å². The summed E-state index contributed by atoms with van der Waals surface area (Å²) in [4.78, 5) is 14.1. The van der Waals surface area contributed by atoms with Gasteiger partial charge in [0, 0.05) is 37.6 Å². The number of nitrogens with one attached hydrogen (secondary N) is 2. The Morgan fingerprint density at radius 2 is 1.76 bits per heavy atom.